The monoisotopic (exact) mass is 381 g/mol. The van der Waals surface area contributed by atoms with E-state index in [2.05, 4.69) is 9.97 Å². The molecule has 0 radical (unpaired) electrons. The van der Waals surface area contributed by atoms with Crippen molar-refractivity contribution in [3.8, 4) is 5.88 Å². The van der Waals surface area contributed by atoms with Gasteiger partial charge in [-0.05, 0) is 50.0 Å². The van der Waals surface area contributed by atoms with E-state index in [0.29, 0.717) is 18.7 Å². The summed E-state index contributed by atoms with van der Waals surface area (Å²) in [5.74, 6) is -5.02. The minimum Gasteiger partial charge on any atom is -0.474 e. The highest BCUT2D eigenvalue weighted by Crippen LogP contribution is 2.49. The molecule has 5 nitrogen and oxygen atoms in total. The quantitative estimate of drug-likeness (QED) is 0.851. The number of nitrogens with zero attached hydrogens (tertiary/aromatic N) is 2. The number of carbonyl (C=O) groups is 1. The predicted molar refractivity (Wildman–Crippen MR) is 94.7 cm³/mol. The van der Waals surface area contributed by atoms with Crippen molar-refractivity contribution in [1.82, 2.24) is 9.97 Å². The molecule has 1 saturated carbocycles. The number of hydrogen-bond donors (Lipinski definition) is 1. The van der Waals surface area contributed by atoms with Crippen LogP contribution in [0, 0.1) is 0 Å². The van der Waals surface area contributed by atoms with E-state index in [9.17, 15) is 13.6 Å². The van der Waals surface area contributed by atoms with Crippen molar-refractivity contribution in [2.75, 3.05) is 0 Å². The van der Waals surface area contributed by atoms with E-state index < -0.39 is 24.2 Å². The minimum absolute atomic E-state index is 0.115. The van der Waals surface area contributed by atoms with E-state index in [0.717, 1.165) is 46.3 Å². The van der Waals surface area contributed by atoms with Crippen LogP contribution in [0.2, 0.25) is 0 Å². The van der Waals surface area contributed by atoms with E-state index in [1.807, 2.05) is 0 Å². The highest BCUT2D eigenvalue weighted by atomic mass is 32.1. The van der Waals surface area contributed by atoms with Crippen molar-refractivity contribution in [1.29, 1.82) is 0 Å². The van der Waals surface area contributed by atoms with Crippen LogP contribution in [-0.4, -0.2) is 27.9 Å². The van der Waals surface area contributed by atoms with Crippen LogP contribution < -0.4 is 10.5 Å². The first-order valence-electron chi connectivity index (χ1n) is 9.06. The molecular formula is C18H21F2N3O2S. The van der Waals surface area contributed by atoms with Crippen molar-refractivity contribution < 1.29 is 18.3 Å². The Morgan fingerprint density at radius 3 is 2.77 bits per heavy atom. The van der Waals surface area contributed by atoms with Gasteiger partial charge in [-0.2, -0.15) is 8.78 Å². The highest BCUT2D eigenvalue weighted by molar-refractivity contribution is 7.19. The Bertz CT molecular complexity index is 833. The number of fused-ring (bicyclic) bond motifs is 3. The Kier molecular flexibility index (Phi) is 4.54. The molecule has 26 heavy (non-hydrogen) atoms. The number of hydrogen-bond acceptors (Lipinski definition) is 5. The summed E-state index contributed by atoms with van der Waals surface area (Å²) in [5.41, 5.74) is 5.70. The third-order valence-corrected chi connectivity index (χ3v) is 6.56. The third-order valence-electron chi connectivity index (χ3n) is 5.39. The van der Waals surface area contributed by atoms with Crippen molar-refractivity contribution in [3.63, 3.8) is 0 Å². The van der Waals surface area contributed by atoms with Gasteiger partial charge in [0.25, 0.3) is 5.91 Å². The largest absolute Gasteiger partial charge is 0.474 e. The number of aryl methyl sites for hydroxylation is 1. The van der Waals surface area contributed by atoms with Gasteiger partial charge < -0.3 is 10.5 Å². The van der Waals surface area contributed by atoms with Gasteiger partial charge in [-0.1, -0.05) is 6.42 Å². The van der Waals surface area contributed by atoms with Gasteiger partial charge in [0.2, 0.25) is 5.88 Å². The second kappa shape index (κ2) is 6.72. The SMILES string of the molecule is NC(=O)C(F)(F)C[C@H]1CCc2sc3ncnc(OC4CCCCC4)c3c21. The normalized spacial score (nSPS) is 21.1. The molecule has 2 heterocycles. The van der Waals surface area contributed by atoms with Crippen LogP contribution in [0.25, 0.3) is 10.2 Å². The predicted octanol–water partition coefficient (Wildman–Crippen LogP) is 3.94. The fourth-order valence-electron chi connectivity index (χ4n) is 4.08. The number of primary amides is 1. The second-order valence-electron chi connectivity index (χ2n) is 7.18. The summed E-state index contributed by atoms with van der Waals surface area (Å²) in [5, 5.41) is 0.751. The molecule has 0 bridgehead atoms. The Labute approximate surface area is 154 Å². The first-order chi connectivity index (χ1) is 12.5. The van der Waals surface area contributed by atoms with Gasteiger partial charge >= 0.3 is 5.92 Å². The summed E-state index contributed by atoms with van der Waals surface area (Å²) < 4.78 is 34.0. The van der Waals surface area contributed by atoms with Crippen LogP contribution >= 0.6 is 11.3 Å². The zero-order valence-electron chi connectivity index (χ0n) is 14.3. The van der Waals surface area contributed by atoms with Gasteiger partial charge in [-0.15, -0.1) is 11.3 Å². The Morgan fingerprint density at radius 2 is 2.04 bits per heavy atom. The topological polar surface area (TPSA) is 78.1 Å². The lowest BCUT2D eigenvalue weighted by atomic mass is 9.93. The molecule has 4 rings (SSSR count). The van der Waals surface area contributed by atoms with Crippen LogP contribution in [0.1, 0.15) is 61.3 Å². The average Bonchev–Trinajstić information content (AvgIpc) is 3.16. The summed E-state index contributed by atoms with van der Waals surface area (Å²) in [7, 11) is 0. The van der Waals surface area contributed by atoms with Crippen LogP contribution in [-0.2, 0) is 11.2 Å². The molecule has 0 saturated heterocycles. The molecule has 0 unspecified atom stereocenters. The molecule has 0 aliphatic heterocycles. The molecule has 8 heteroatoms. The molecule has 2 aromatic rings. The first-order valence-corrected chi connectivity index (χ1v) is 9.88. The van der Waals surface area contributed by atoms with Crippen molar-refractivity contribution in [2.45, 2.75) is 69.3 Å². The van der Waals surface area contributed by atoms with Crippen LogP contribution in [0.4, 0.5) is 8.78 Å². The Balaban J connectivity index is 1.69. The molecule has 2 aliphatic rings. The maximum Gasteiger partial charge on any atom is 0.324 e. The Hall–Kier alpha value is -1.83. The Morgan fingerprint density at radius 1 is 1.27 bits per heavy atom. The summed E-state index contributed by atoms with van der Waals surface area (Å²) in [4.78, 5) is 21.5. The second-order valence-corrected chi connectivity index (χ2v) is 8.27. The standard InChI is InChI=1S/C18H21F2N3O2S/c19-18(20,17(21)24)8-10-6-7-12-13(10)14-15(22-9-23-16(14)26-12)25-11-4-2-1-3-5-11/h9-11H,1-8H2,(H2,21,24)/t10-/m1/s1. The summed E-state index contributed by atoms with van der Waals surface area (Å²) in [6, 6.07) is 0. The van der Waals surface area contributed by atoms with Crippen molar-refractivity contribution in [2.24, 2.45) is 5.73 Å². The molecule has 2 aliphatic carbocycles. The minimum atomic E-state index is -3.51. The summed E-state index contributed by atoms with van der Waals surface area (Å²) >= 11 is 1.51. The number of carbonyl (C=O) groups excluding carboxylic acids is 1. The number of rotatable bonds is 5. The van der Waals surface area contributed by atoms with Crippen LogP contribution in [0.3, 0.4) is 0 Å². The lowest BCUT2D eigenvalue weighted by molar-refractivity contribution is -0.143. The van der Waals surface area contributed by atoms with Crippen molar-refractivity contribution in [3.05, 3.63) is 16.8 Å². The van der Waals surface area contributed by atoms with Crippen LogP contribution in [0.5, 0.6) is 5.88 Å². The fourth-order valence-corrected chi connectivity index (χ4v) is 5.32. The highest BCUT2D eigenvalue weighted by Gasteiger charge is 2.42. The zero-order valence-corrected chi connectivity index (χ0v) is 15.2. The van der Waals surface area contributed by atoms with Gasteiger partial charge in [0.1, 0.15) is 17.3 Å². The van der Waals surface area contributed by atoms with Gasteiger partial charge in [0.15, 0.2) is 0 Å². The number of thiophene rings is 1. The van der Waals surface area contributed by atoms with E-state index >= 15 is 0 Å². The smallest absolute Gasteiger partial charge is 0.324 e. The number of alkyl halides is 2. The fraction of sp³-hybridized carbons (Fsp3) is 0.611. The third kappa shape index (κ3) is 3.15. The molecule has 0 aromatic carbocycles. The van der Waals surface area contributed by atoms with Gasteiger partial charge in [-0.25, -0.2) is 9.97 Å². The maximum absolute atomic E-state index is 13.9. The number of halogens is 2. The van der Waals surface area contributed by atoms with Gasteiger partial charge in [0.05, 0.1) is 5.39 Å². The van der Waals surface area contributed by atoms with E-state index in [-0.39, 0.29) is 6.10 Å². The van der Waals surface area contributed by atoms with Gasteiger partial charge in [0, 0.05) is 11.3 Å². The zero-order chi connectivity index (χ0) is 18.3. The molecule has 2 N–H and O–H groups in total. The van der Waals surface area contributed by atoms with E-state index in [4.69, 9.17) is 10.5 Å². The van der Waals surface area contributed by atoms with Crippen LogP contribution in [0.15, 0.2) is 6.33 Å². The maximum atomic E-state index is 13.9. The molecule has 1 amide bonds. The van der Waals surface area contributed by atoms with E-state index in [1.54, 1.807) is 0 Å². The number of ether oxygens (including phenoxy) is 1. The van der Waals surface area contributed by atoms with Crippen molar-refractivity contribution >= 4 is 27.5 Å². The molecule has 140 valence electrons. The molecule has 0 spiro atoms. The summed E-state index contributed by atoms with van der Waals surface area (Å²) in [6.07, 6.45) is 7.76. The first kappa shape index (κ1) is 17.6. The average molecular weight is 381 g/mol. The molecule has 2 aromatic heterocycles. The van der Waals surface area contributed by atoms with E-state index in [1.165, 1.54) is 24.1 Å². The summed E-state index contributed by atoms with van der Waals surface area (Å²) in [6.45, 7) is 0. The molecule has 1 atom stereocenters. The number of amides is 1. The number of nitrogens with two attached hydrogens (primary N) is 1. The molecule has 1 fully saturated rings. The molecular weight excluding hydrogens is 360 g/mol. The number of aromatic nitrogens is 2. The lowest BCUT2D eigenvalue weighted by Gasteiger charge is -2.23. The van der Waals surface area contributed by atoms with Gasteiger partial charge in [-0.3, -0.25) is 4.79 Å². The lowest BCUT2D eigenvalue weighted by Crippen LogP contribution is -2.36.